The number of aromatic carboxylic acids is 1. The summed E-state index contributed by atoms with van der Waals surface area (Å²) in [5.41, 5.74) is -0.120. The van der Waals surface area contributed by atoms with Crippen LogP contribution in [0.15, 0.2) is 30.4 Å². The molecule has 5 nitrogen and oxygen atoms in total. The van der Waals surface area contributed by atoms with Crippen molar-refractivity contribution < 1.29 is 19.5 Å². The van der Waals surface area contributed by atoms with Crippen molar-refractivity contribution in [3.63, 3.8) is 0 Å². The molecular formula is C11H5ClNO4-. The van der Waals surface area contributed by atoms with Crippen LogP contribution >= 0.6 is 11.6 Å². The van der Waals surface area contributed by atoms with Crippen molar-refractivity contribution in [3.8, 4) is 0 Å². The minimum atomic E-state index is -1.47. The van der Waals surface area contributed by atoms with Crippen molar-refractivity contribution in [1.82, 2.24) is 0 Å². The number of amides is 2. The molecule has 1 aliphatic rings. The maximum absolute atomic E-state index is 11.4. The molecule has 0 atom stereocenters. The van der Waals surface area contributed by atoms with E-state index < -0.39 is 17.8 Å². The summed E-state index contributed by atoms with van der Waals surface area (Å²) in [5, 5.41) is 10.7. The molecule has 1 heterocycles. The molecule has 0 radical (unpaired) electrons. The number of anilines is 1. The molecule has 1 aromatic rings. The third kappa shape index (κ3) is 1.92. The van der Waals surface area contributed by atoms with Gasteiger partial charge in [0.25, 0.3) is 11.8 Å². The van der Waals surface area contributed by atoms with Crippen molar-refractivity contribution in [2.45, 2.75) is 0 Å². The lowest BCUT2D eigenvalue weighted by atomic mass is 10.2. The van der Waals surface area contributed by atoms with Crippen molar-refractivity contribution in [2.75, 3.05) is 4.90 Å². The average molecular weight is 251 g/mol. The van der Waals surface area contributed by atoms with Crippen LogP contribution in [0.1, 0.15) is 10.4 Å². The zero-order valence-corrected chi connectivity index (χ0v) is 9.10. The second kappa shape index (κ2) is 4.03. The average Bonchev–Trinajstić information content (AvgIpc) is 2.59. The van der Waals surface area contributed by atoms with Gasteiger partial charge in [0.15, 0.2) is 0 Å². The van der Waals surface area contributed by atoms with Gasteiger partial charge in [0.2, 0.25) is 0 Å². The summed E-state index contributed by atoms with van der Waals surface area (Å²) < 4.78 is 0. The lowest BCUT2D eigenvalue weighted by Crippen LogP contribution is -2.30. The largest absolute Gasteiger partial charge is 0.545 e. The highest BCUT2D eigenvalue weighted by atomic mass is 35.5. The van der Waals surface area contributed by atoms with E-state index in [0.29, 0.717) is 0 Å². The molecule has 0 aromatic heterocycles. The molecule has 1 aliphatic heterocycles. The van der Waals surface area contributed by atoms with Crippen LogP contribution < -0.4 is 10.0 Å². The zero-order valence-electron chi connectivity index (χ0n) is 8.34. The molecule has 0 N–H and O–H groups in total. The Labute approximate surface area is 101 Å². The van der Waals surface area contributed by atoms with Crippen molar-refractivity contribution >= 4 is 35.1 Å². The number of hydrogen-bond acceptors (Lipinski definition) is 4. The number of carbonyl (C=O) groups excluding carboxylic acids is 3. The number of rotatable bonds is 2. The summed E-state index contributed by atoms with van der Waals surface area (Å²) in [6, 6.07) is 3.80. The molecule has 0 saturated heterocycles. The van der Waals surface area contributed by atoms with Gasteiger partial charge in [0.05, 0.1) is 11.7 Å². The van der Waals surface area contributed by atoms with Gasteiger partial charge < -0.3 is 9.90 Å². The Morgan fingerprint density at radius 1 is 1.18 bits per heavy atom. The number of carboxylic acids is 1. The maximum atomic E-state index is 11.4. The smallest absolute Gasteiger partial charge is 0.258 e. The van der Waals surface area contributed by atoms with Crippen LogP contribution in [0.3, 0.4) is 0 Å². The number of imide groups is 1. The molecule has 0 spiro atoms. The van der Waals surface area contributed by atoms with Gasteiger partial charge >= 0.3 is 0 Å². The van der Waals surface area contributed by atoms with Crippen LogP contribution in [-0.4, -0.2) is 17.8 Å². The van der Waals surface area contributed by atoms with E-state index in [1.165, 1.54) is 12.1 Å². The number of benzene rings is 1. The van der Waals surface area contributed by atoms with E-state index >= 15 is 0 Å². The number of nitrogens with zero attached hydrogens (tertiary/aromatic N) is 1. The minimum absolute atomic E-state index is 0.0131. The maximum Gasteiger partial charge on any atom is 0.258 e. The normalized spacial score (nSPS) is 14.5. The molecule has 0 aliphatic carbocycles. The van der Waals surface area contributed by atoms with Gasteiger partial charge in [-0.25, -0.2) is 4.90 Å². The minimum Gasteiger partial charge on any atom is -0.545 e. The summed E-state index contributed by atoms with van der Waals surface area (Å²) in [7, 11) is 0. The van der Waals surface area contributed by atoms with Crippen molar-refractivity contribution in [2.24, 2.45) is 0 Å². The van der Waals surface area contributed by atoms with Gasteiger partial charge in [-0.3, -0.25) is 9.59 Å². The molecule has 6 heteroatoms. The zero-order chi connectivity index (χ0) is 12.6. The molecule has 0 fully saturated rings. The Balaban J connectivity index is 2.47. The van der Waals surface area contributed by atoms with Crippen LogP contribution in [-0.2, 0) is 9.59 Å². The van der Waals surface area contributed by atoms with Crippen LogP contribution in [0, 0.1) is 0 Å². The fourth-order valence-corrected chi connectivity index (χ4v) is 1.66. The van der Waals surface area contributed by atoms with Gasteiger partial charge in [0, 0.05) is 22.7 Å². The molecule has 1 aromatic carbocycles. The first kappa shape index (κ1) is 11.3. The second-order valence-electron chi connectivity index (χ2n) is 3.30. The third-order valence-electron chi connectivity index (χ3n) is 2.24. The molecule has 2 amide bonds. The first-order valence-electron chi connectivity index (χ1n) is 4.58. The highest BCUT2D eigenvalue weighted by Crippen LogP contribution is 2.25. The SMILES string of the molecule is O=C([O-])c1cc(N2C(=O)C=CC2=O)ccc1Cl. The molecule has 17 heavy (non-hydrogen) atoms. The molecular weight excluding hydrogens is 246 g/mol. The summed E-state index contributed by atoms with van der Waals surface area (Å²) >= 11 is 5.65. The highest BCUT2D eigenvalue weighted by Gasteiger charge is 2.25. The molecule has 86 valence electrons. The van der Waals surface area contributed by atoms with Gasteiger partial charge in [-0.15, -0.1) is 0 Å². The summed E-state index contributed by atoms with van der Waals surface area (Å²) in [4.78, 5) is 34.3. The van der Waals surface area contributed by atoms with E-state index in [1.807, 2.05) is 0 Å². The third-order valence-corrected chi connectivity index (χ3v) is 2.57. The van der Waals surface area contributed by atoms with E-state index in [1.54, 1.807) is 0 Å². The Kier molecular flexibility index (Phi) is 2.69. The van der Waals surface area contributed by atoms with E-state index in [0.717, 1.165) is 23.1 Å². The van der Waals surface area contributed by atoms with Crippen LogP contribution in [0.2, 0.25) is 5.02 Å². The van der Waals surface area contributed by atoms with E-state index in [9.17, 15) is 19.5 Å². The fourth-order valence-electron chi connectivity index (χ4n) is 1.46. The molecule has 2 rings (SSSR count). The lowest BCUT2D eigenvalue weighted by Gasteiger charge is -2.16. The fraction of sp³-hybridized carbons (Fsp3) is 0. The second-order valence-corrected chi connectivity index (χ2v) is 3.70. The standard InChI is InChI=1S/C11H6ClNO4/c12-8-2-1-6(5-7(8)11(16)17)13-9(14)3-4-10(13)15/h1-5H,(H,16,17)/p-1. The predicted molar refractivity (Wildman–Crippen MR) is 57.4 cm³/mol. The number of hydrogen-bond donors (Lipinski definition) is 0. The Morgan fingerprint density at radius 3 is 2.29 bits per heavy atom. The first-order chi connectivity index (χ1) is 8.00. The quantitative estimate of drug-likeness (QED) is 0.699. The van der Waals surface area contributed by atoms with Crippen molar-refractivity contribution in [3.05, 3.63) is 40.9 Å². The number of halogens is 1. The van der Waals surface area contributed by atoms with Crippen molar-refractivity contribution in [1.29, 1.82) is 0 Å². The monoisotopic (exact) mass is 250 g/mol. The molecule has 0 bridgehead atoms. The Morgan fingerprint density at radius 2 is 1.76 bits per heavy atom. The van der Waals surface area contributed by atoms with Gasteiger partial charge in [-0.05, 0) is 18.2 Å². The van der Waals surface area contributed by atoms with E-state index in [-0.39, 0.29) is 16.3 Å². The molecule has 0 saturated carbocycles. The molecule has 0 unspecified atom stereocenters. The summed E-state index contributed by atoms with van der Waals surface area (Å²) in [6.07, 6.45) is 2.21. The predicted octanol–water partition coefficient (Wildman–Crippen LogP) is 0.133. The van der Waals surface area contributed by atoms with Gasteiger partial charge in [0.1, 0.15) is 0 Å². The van der Waals surface area contributed by atoms with Crippen LogP contribution in [0.4, 0.5) is 5.69 Å². The lowest BCUT2D eigenvalue weighted by molar-refractivity contribution is -0.255. The van der Waals surface area contributed by atoms with E-state index in [2.05, 4.69) is 0 Å². The topological polar surface area (TPSA) is 77.5 Å². The Hall–Kier alpha value is -2.14. The summed E-state index contributed by atoms with van der Waals surface area (Å²) in [5.74, 6) is -2.52. The van der Waals surface area contributed by atoms with Gasteiger partial charge in [-0.1, -0.05) is 11.6 Å². The van der Waals surface area contributed by atoms with Gasteiger partial charge in [-0.2, -0.15) is 0 Å². The first-order valence-corrected chi connectivity index (χ1v) is 4.95. The number of carboxylic acid groups (broad SMARTS) is 1. The number of carbonyl (C=O) groups is 3. The van der Waals surface area contributed by atoms with Crippen LogP contribution in [0.25, 0.3) is 0 Å². The highest BCUT2D eigenvalue weighted by molar-refractivity contribution is 6.34. The van der Waals surface area contributed by atoms with E-state index in [4.69, 9.17) is 11.6 Å². The Bertz CT molecular complexity index is 547. The van der Waals surface area contributed by atoms with Crippen LogP contribution in [0.5, 0.6) is 0 Å². The summed E-state index contributed by atoms with van der Waals surface area (Å²) in [6.45, 7) is 0.